The van der Waals surface area contributed by atoms with Crippen LogP contribution in [-0.2, 0) is 9.59 Å². The first-order chi connectivity index (χ1) is 7.97. The number of hydrogen-bond donors (Lipinski definition) is 4. The van der Waals surface area contributed by atoms with Crippen LogP contribution in [0.25, 0.3) is 0 Å². The second kappa shape index (κ2) is 8.37. The molecule has 0 saturated heterocycles. The second-order valence-electron chi connectivity index (χ2n) is 3.58. The molecule has 0 spiro atoms. The number of unbranched alkanes of at least 4 members (excludes halogenated alkanes) is 1. The van der Waals surface area contributed by atoms with Crippen molar-refractivity contribution >= 4 is 18.0 Å². The van der Waals surface area contributed by atoms with Gasteiger partial charge in [-0.15, -0.1) is 0 Å². The van der Waals surface area contributed by atoms with Crippen LogP contribution in [0, 0.1) is 0 Å². The first kappa shape index (κ1) is 15.2. The summed E-state index contributed by atoms with van der Waals surface area (Å²) in [5.41, 5.74) is 0. The fourth-order valence-corrected chi connectivity index (χ4v) is 1.11. The number of carboxylic acid groups (broad SMARTS) is 2. The molecule has 0 unspecified atom stereocenters. The number of carbonyl (C=O) groups is 3. The Bertz CT molecular complexity index is 280. The quantitative estimate of drug-likeness (QED) is 0.463. The fraction of sp³-hybridized carbons (Fsp3) is 0.700. The minimum atomic E-state index is -1.24. The van der Waals surface area contributed by atoms with Crippen LogP contribution in [0.2, 0.25) is 0 Å². The summed E-state index contributed by atoms with van der Waals surface area (Å²) in [6.45, 7) is 2.43. The maximum atomic E-state index is 11.2. The lowest BCUT2D eigenvalue weighted by molar-refractivity contribution is -0.140. The van der Waals surface area contributed by atoms with Gasteiger partial charge < -0.3 is 20.8 Å². The Balaban J connectivity index is 4.02. The summed E-state index contributed by atoms with van der Waals surface area (Å²) in [6, 6.07) is -1.76. The Hall–Kier alpha value is -1.79. The third-order valence-corrected chi connectivity index (χ3v) is 2.07. The summed E-state index contributed by atoms with van der Waals surface area (Å²) >= 11 is 0. The van der Waals surface area contributed by atoms with Crippen molar-refractivity contribution in [3.63, 3.8) is 0 Å². The minimum Gasteiger partial charge on any atom is -0.481 e. The van der Waals surface area contributed by atoms with Crippen LogP contribution in [0.4, 0.5) is 4.79 Å². The number of carbonyl (C=O) groups excluding carboxylic acids is 1. The van der Waals surface area contributed by atoms with Gasteiger partial charge in [0.25, 0.3) is 0 Å². The van der Waals surface area contributed by atoms with Gasteiger partial charge in [0.05, 0.1) is 0 Å². The zero-order valence-corrected chi connectivity index (χ0v) is 9.73. The zero-order valence-electron chi connectivity index (χ0n) is 9.73. The Kier molecular flexibility index (Phi) is 7.49. The highest BCUT2D eigenvalue weighted by Gasteiger charge is 2.20. The first-order valence-electron chi connectivity index (χ1n) is 5.46. The smallest absolute Gasteiger partial charge is 0.326 e. The lowest BCUT2D eigenvalue weighted by Crippen LogP contribution is -2.46. The van der Waals surface area contributed by atoms with Crippen LogP contribution < -0.4 is 10.6 Å². The van der Waals surface area contributed by atoms with Gasteiger partial charge in [-0.25, -0.2) is 9.59 Å². The number of aliphatic carboxylic acids is 2. The van der Waals surface area contributed by atoms with Gasteiger partial charge in [0, 0.05) is 13.0 Å². The van der Waals surface area contributed by atoms with Crippen LogP contribution in [0.15, 0.2) is 0 Å². The van der Waals surface area contributed by atoms with Crippen molar-refractivity contribution < 1.29 is 24.6 Å². The molecule has 0 aliphatic rings. The van der Waals surface area contributed by atoms with Crippen LogP contribution in [0.1, 0.15) is 32.6 Å². The molecule has 7 heteroatoms. The van der Waals surface area contributed by atoms with Crippen LogP contribution >= 0.6 is 0 Å². The lowest BCUT2D eigenvalue weighted by Gasteiger charge is -2.14. The van der Waals surface area contributed by atoms with Crippen LogP contribution in [0.3, 0.4) is 0 Å². The molecule has 98 valence electrons. The van der Waals surface area contributed by atoms with Gasteiger partial charge in [-0.2, -0.15) is 0 Å². The summed E-state index contributed by atoms with van der Waals surface area (Å²) in [5, 5.41) is 21.9. The fourth-order valence-electron chi connectivity index (χ4n) is 1.11. The van der Waals surface area contributed by atoms with E-state index in [-0.39, 0.29) is 12.8 Å². The highest BCUT2D eigenvalue weighted by Crippen LogP contribution is 1.98. The molecule has 1 atom stereocenters. The molecular formula is C10H18N2O5. The molecule has 7 nitrogen and oxygen atoms in total. The van der Waals surface area contributed by atoms with Crippen molar-refractivity contribution in [1.82, 2.24) is 10.6 Å². The molecule has 0 aliphatic carbocycles. The molecule has 0 bridgehead atoms. The monoisotopic (exact) mass is 246 g/mol. The number of amides is 2. The predicted molar refractivity (Wildman–Crippen MR) is 59.7 cm³/mol. The van der Waals surface area contributed by atoms with Crippen molar-refractivity contribution in [1.29, 1.82) is 0 Å². The summed E-state index contributed by atoms with van der Waals surface area (Å²) < 4.78 is 0. The third-order valence-electron chi connectivity index (χ3n) is 2.07. The normalized spacial score (nSPS) is 11.6. The Morgan fingerprint density at radius 3 is 2.35 bits per heavy atom. The minimum absolute atomic E-state index is 0.133. The van der Waals surface area contributed by atoms with Crippen LogP contribution in [0.5, 0.6) is 0 Å². The van der Waals surface area contributed by atoms with Gasteiger partial charge >= 0.3 is 18.0 Å². The molecule has 0 radical (unpaired) electrons. The van der Waals surface area contributed by atoms with E-state index in [1.54, 1.807) is 0 Å². The standard InChI is InChI=1S/C10H18N2O5/c1-2-3-6-11-10(17)12-7(9(15)16)4-5-8(13)14/h7H,2-6H2,1H3,(H,13,14)(H,15,16)(H2,11,12,17)/t7-/m0/s1. The second-order valence-corrected chi connectivity index (χ2v) is 3.58. The molecule has 0 aromatic heterocycles. The van der Waals surface area contributed by atoms with Crippen molar-refractivity contribution in [2.75, 3.05) is 6.54 Å². The average Bonchev–Trinajstić information content (AvgIpc) is 2.23. The van der Waals surface area contributed by atoms with E-state index < -0.39 is 24.0 Å². The average molecular weight is 246 g/mol. The highest BCUT2D eigenvalue weighted by molar-refractivity contribution is 5.82. The summed E-state index contributed by atoms with van der Waals surface area (Å²) in [4.78, 5) is 32.3. The highest BCUT2D eigenvalue weighted by atomic mass is 16.4. The SMILES string of the molecule is CCCCNC(=O)N[C@@H](CCC(=O)O)C(=O)O. The summed E-state index contributed by atoms with van der Waals surface area (Å²) in [6.07, 6.45) is 1.29. The molecule has 0 aliphatic heterocycles. The molecule has 0 rings (SSSR count). The molecule has 0 saturated carbocycles. The topological polar surface area (TPSA) is 116 Å². The number of carboxylic acids is 2. The summed E-state index contributed by atoms with van der Waals surface area (Å²) in [5.74, 6) is -2.33. The molecule has 2 amide bonds. The van der Waals surface area contributed by atoms with E-state index in [9.17, 15) is 14.4 Å². The lowest BCUT2D eigenvalue weighted by atomic mass is 10.1. The Morgan fingerprint density at radius 1 is 1.24 bits per heavy atom. The first-order valence-corrected chi connectivity index (χ1v) is 5.46. The number of rotatable bonds is 8. The molecule has 0 fully saturated rings. The van der Waals surface area contributed by atoms with Crippen molar-refractivity contribution in [2.24, 2.45) is 0 Å². The van der Waals surface area contributed by atoms with Crippen molar-refractivity contribution in [3.05, 3.63) is 0 Å². The van der Waals surface area contributed by atoms with Gasteiger partial charge in [-0.05, 0) is 12.8 Å². The van der Waals surface area contributed by atoms with E-state index in [1.165, 1.54) is 0 Å². The van der Waals surface area contributed by atoms with Gasteiger partial charge in [-0.3, -0.25) is 4.79 Å². The molecule has 0 aromatic rings. The zero-order chi connectivity index (χ0) is 13.3. The molecular weight excluding hydrogens is 228 g/mol. The van der Waals surface area contributed by atoms with E-state index in [0.29, 0.717) is 6.54 Å². The molecule has 0 heterocycles. The van der Waals surface area contributed by atoms with Gasteiger partial charge in [0.1, 0.15) is 6.04 Å². The molecule has 0 aromatic carbocycles. The van der Waals surface area contributed by atoms with Gasteiger partial charge in [-0.1, -0.05) is 13.3 Å². The van der Waals surface area contributed by atoms with Gasteiger partial charge in [0.15, 0.2) is 0 Å². The number of urea groups is 1. The van der Waals surface area contributed by atoms with E-state index >= 15 is 0 Å². The Morgan fingerprint density at radius 2 is 1.88 bits per heavy atom. The third kappa shape index (κ3) is 8.06. The van der Waals surface area contributed by atoms with Crippen molar-refractivity contribution in [2.45, 2.75) is 38.6 Å². The van der Waals surface area contributed by atoms with E-state index in [2.05, 4.69) is 10.6 Å². The van der Waals surface area contributed by atoms with E-state index in [0.717, 1.165) is 12.8 Å². The number of hydrogen-bond acceptors (Lipinski definition) is 3. The largest absolute Gasteiger partial charge is 0.481 e. The molecule has 17 heavy (non-hydrogen) atoms. The van der Waals surface area contributed by atoms with Crippen LogP contribution in [-0.4, -0.2) is 40.8 Å². The number of nitrogens with one attached hydrogen (secondary N) is 2. The summed E-state index contributed by atoms with van der Waals surface area (Å²) in [7, 11) is 0. The van der Waals surface area contributed by atoms with Crippen molar-refractivity contribution in [3.8, 4) is 0 Å². The maximum absolute atomic E-state index is 11.2. The maximum Gasteiger partial charge on any atom is 0.326 e. The Labute approximate surface area is 99.2 Å². The predicted octanol–water partition coefficient (Wildman–Crippen LogP) is 0.404. The molecule has 4 N–H and O–H groups in total. The van der Waals surface area contributed by atoms with E-state index in [1.807, 2.05) is 6.92 Å². The van der Waals surface area contributed by atoms with E-state index in [4.69, 9.17) is 10.2 Å². The van der Waals surface area contributed by atoms with Gasteiger partial charge in [0.2, 0.25) is 0 Å².